The fraction of sp³-hybridized carbons (Fsp3) is 0.312. The molecule has 0 radical (unpaired) electrons. The van der Waals surface area contributed by atoms with E-state index in [2.05, 4.69) is 27.5 Å². The number of nitrogens with one attached hydrogen (secondary N) is 2. The first-order valence-electron chi connectivity index (χ1n) is 7.18. The Labute approximate surface area is 129 Å². The summed E-state index contributed by atoms with van der Waals surface area (Å²) in [6.45, 7) is 4.65. The maximum Gasteiger partial charge on any atom is 0.274 e. The number of carbonyl (C=O) groups is 1. The van der Waals surface area contributed by atoms with Gasteiger partial charge in [-0.3, -0.25) is 4.79 Å². The van der Waals surface area contributed by atoms with Crippen molar-refractivity contribution in [3.05, 3.63) is 41.7 Å². The van der Waals surface area contributed by atoms with Crippen molar-refractivity contribution in [3.8, 4) is 5.75 Å². The van der Waals surface area contributed by atoms with Gasteiger partial charge >= 0.3 is 0 Å². The number of rotatable bonds is 6. The molecule has 2 rings (SSSR count). The van der Waals surface area contributed by atoms with Gasteiger partial charge in [-0.25, -0.2) is 9.97 Å². The summed E-state index contributed by atoms with van der Waals surface area (Å²) in [5.74, 6) is 0.771. The lowest BCUT2D eigenvalue weighted by atomic mass is 10.2. The molecule has 22 heavy (non-hydrogen) atoms. The molecule has 0 atom stereocenters. The van der Waals surface area contributed by atoms with Crippen LogP contribution in [0.4, 0.5) is 11.6 Å². The molecular formula is C16H20N4O2. The Morgan fingerprint density at radius 2 is 2.05 bits per heavy atom. The molecule has 0 aliphatic rings. The Kier molecular flexibility index (Phi) is 5.30. The average molecular weight is 300 g/mol. The van der Waals surface area contributed by atoms with Crippen LogP contribution in [0.15, 0.2) is 30.3 Å². The number of benzene rings is 1. The zero-order chi connectivity index (χ0) is 15.9. The Morgan fingerprint density at radius 1 is 1.27 bits per heavy atom. The topological polar surface area (TPSA) is 76.1 Å². The Morgan fingerprint density at radius 3 is 2.77 bits per heavy atom. The summed E-state index contributed by atoms with van der Waals surface area (Å²) in [4.78, 5) is 20.9. The van der Waals surface area contributed by atoms with Crippen molar-refractivity contribution >= 4 is 17.5 Å². The number of ether oxygens (including phenoxy) is 1. The van der Waals surface area contributed by atoms with Gasteiger partial charge in [-0.1, -0.05) is 19.1 Å². The van der Waals surface area contributed by atoms with Gasteiger partial charge in [-0.15, -0.1) is 0 Å². The minimum atomic E-state index is -0.297. The van der Waals surface area contributed by atoms with Gasteiger partial charge in [0.25, 0.3) is 5.91 Å². The monoisotopic (exact) mass is 300 g/mol. The van der Waals surface area contributed by atoms with Gasteiger partial charge in [0, 0.05) is 12.2 Å². The Balaban J connectivity index is 2.20. The maximum atomic E-state index is 12.4. The van der Waals surface area contributed by atoms with E-state index in [1.165, 1.54) is 0 Å². The van der Waals surface area contributed by atoms with E-state index in [-0.39, 0.29) is 5.91 Å². The molecule has 6 heteroatoms. The molecule has 0 bridgehead atoms. The third-order valence-corrected chi connectivity index (χ3v) is 2.98. The standard InChI is InChI=1S/C16H20N4O2/c1-4-9-17-16-18-11(2)10-13(20-16)15(21)19-12-7-5-6-8-14(12)22-3/h5-8,10H,4,9H2,1-3H3,(H,19,21)(H,17,18,20). The molecule has 0 unspecified atom stereocenters. The molecule has 1 aromatic heterocycles. The smallest absolute Gasteiger partial charge is 0.274 e. The molecule has 2 N–H and O–H groups in total. The second kappa shape index (κ2) is 7.40. The minimum absolute atomic E-state index is 0.297. The maximum absolute atomic E-state index is 12.4. The molecule has 0 saturated carbocycles. The number of anilines is 2. The predicted octanol–water partition coefficient (Wildman–Crippen LogP) is 2.87. The van der Waals surface area contributed by atoms with Crippen molar-refractivity contribution in [2.75, 3.05) is 24.3 Å². The summed E-state index contributed by atoms with van der Waals surface area (Å²) in [6.07, 6.45) is 0.958. The lowest BCUT2D eigenvalue weighted by Crippen LogP contribution is -2.16. The lowest BCUT2D eigenvalue weighted by molar-refractivity contribution is 0.102. The number of nitrogens with zero attached hydrogens (tertiary/aromatic N) is 2. The van der Waals surface area contributed by atoms with Crippen molar-refractivity contribution in [1.29, 1.82) is 0 Å². The van der Waals surface area contributed by atoms with Crippen LogP contribution in [0.2, 0.25) is 0 Å². The first-order valence-corrected chi connectivity index (χ1v) is 7.18. The van der Waals surface area contributed by atoms with Crippen LogP contribution in [0, 0.1) is 6.92 Å². The van der Waals surface area contributed by atoms with Crippen LogP contribution >= 0.6 is 0 Å². The quantitative estimate of drug-likeness (QED) is 0.858. The Bertz CT molecular complexity index is 658. The van der Waals surface area contributed by atoms with Gasteiger partial charge in [0.05, 0.1) is 12.8 Å². The summed E-state index contributed by atoms with van der Waals surface area (Å²) < 4.78 is 5.22. The van der Waals surface area contributed by atoms with Crippen LogP contribution in [0.5, 0.6) is 5.75 Å². The highest BCUT2D eigenvalue weighted by Crippen LogP contribution is 2.23. The van der Waals surface area contributed by atoms with E-state index in [1.54, 1.807) is 25.3 Å². The molecule has 0 aliphatic carbocycles. The molecule has 1 heterocycles. The third kappa shape index (κ3) is 3.94. The van der Waals surface area contributed by atoms with Gasteiger partial charge in [0.1, 0.15) is 11.4 Å². The van der Waals surface area contributed by atoms with Crippen LogP contribution in [-0.4, -0.2) is 29.5 Å². The second-order valence-corrected chi connectivity index (χ2v) is 4.80. The van der Waals surface area contributed by atoms with Gasteiger partial charge in [-0.05, 0) is 31.5 Å². The first kappa shape index (κ1) is 15.8. The van der Waals surface area contributed by atoms with Crippen LogP contribution in [-0.2, 0) is 0 Å². The van der Waals surface area contributed by atoms with E-state index in [0.29, 0.717) is 23.1 Å². The fourth-order valence-electron chi connectivity index (χ4n) is 1.93. The molecule has 116 valence electrons. The first-order chi connectivity index (χ1) is 10.6. The van der Waals surface area contributed by atoms with Crippen molar-refractivity contribution in [1.82, 2.24) is 9.97 Å². The summed E-state index contributed by atoms with van der Waals surface area (Å²) in [7, 11) is 1.56. The number of aromatic nitrogens is 2. The highest BCUT2D eigenvalue weighted by Gasteiger charge is 2.12. The number of hydrogen-bond donors (Lipinski definition) is 2. The van der Waals surface area contributed by atoms with Gasteiger partial charge in [0.2, 0.25) is 5.95 Å². The summed E-state index contributed by atoms with van der Waals surface area (Å²) in [6, 6.07) is 8.89. The van der Waals surface area contributed by atoms with E-state index in [0.717, 1.165) is 18.7 Å². The lowest BCUT2D eigenvalue weighted by Gasteiger charge is -2.10. The van der Waals surface area contributed by atoms with Crippen molar-refractivity contribution in [2.24, 2.45) is 0 Å². The molecule has 2 aromatic rings. The Hall–Kier alpha value is -2.63. The average Bonchev–Trinajstić information content (AvgIpc) is 2.53. The van der Waals surface area contributed by atoms with E-state index in [4.69, 9.17) is 4.74 Å². The van der Waals surface area contributed by atoms with E-state index in [9.17, 15) is 4.79 Å². The minimum Gasteiger partial charge on any atom is -0.495 e. The fourth-order valence-corrected chi connectivity index (χ4v) is 1.93. The van der Waals surface area contributed by atoms with Crippen molar-refractivity contribution < 1.29 is 9.53 Å². The summed E-state index contributed by atoms with van der Waals surface area (Å²) in [5.41, 5.74) is 1.66. The van der Waals surface area contributed by atoms with Gasteiger partial charge < -0.3 is 15.4 Å². The number of amides is 1. The number of methoxy groups -OCH3 is 1. The molecule has 0 aliphatic heterocycles. The van der Waals surface area contributed by atoms with Crippen LogP contribution < -0.4 is 15.4 Å². The van der Waals surface area contributed by atoms with Gasteiger partial charge in [-0.2, -0.15) is 0 Å². The van der Waals surface area contributed by atoms with E-state index >= 15 is 0 Å². The normalized spacial score (nSPS) is 10.1. The number of para-hydroxylation sites is 2. The van der Waals surface area contributed by atoms with Crippen molar-refractivity contribution in [2.45, 2.75) is 20.3 Å². The molecule has 6 nitrogen and oxygen atoms in total. The molecule has 1 amide bonds. The zero-order valence-electron chi connectivity index (χ0n) is 13.0. The number of carbonyl (C=O) groups excluding carboxylic acids is 1. The SMILES string of the molecule is CCCNc1nc(C)cc(C(=O)Nc2ccccc2OC)n1. The molecule has 0 saturated heterocycles. The van der Waals surface area contributed by atoms with Crippen LogP contribution in [0.25, 0.3) is 0 Å². The van der Waals surface area contributed by atoms with Gasteiger partial charge in [0.15, 0.2) is 0 Å². The second-order valence-electron chi connectivity index (χ2n) is 4.80. The molecule has 1 aromatic carbocycles. The molecular weight excluding hydrogens is 280 g/mol. The molecule has 0 fully saturated rings. The highest BCUT2D eigenvalue weighted by atomic mass is 16.5. The third-order valence-electron chi connectivity index (χ3n) is 2.98. The van der Waals surface area contributed by atoms with E-state index < -0.39 is 0 Å². The molecule has 0 spiro atoms. The van der Waals surface area contributed by atoms with Crippen molar-refractivity contribution in [3.63, 3.8) is 0 Å². The number of aryl methyl sites for hydroxylation is 1. The predicted molar refractivity (Wildman–Crippen MR) is 86.5 cm³/mol. The summed E-state index contributed by atoms with van der Waals surface area (Å²) >= 11 is 0. The highest BCUT2D eigenvalue weighted by molar-refractivity contribution is 6.03. The summed E-state index contributed by atoms with van der Waals surface area (Å²) in [5, 5.41) is 5.90. The van der Waals surface area contributed by atoms with E-state index in [1.807, 2.05) is 19.1 Å². The van der Waals surface area contributed by atoms with Crippen LogP contribution in [0.1, 0.15) is 29.5 Å². The van der Waals surface area contributed by atoms with Crippen LogP contribution in [0.3, 0.4) is 0 Å². The zero-order valence-corrected chi connectivity index (χ0v) is 13.0. The number of hydrogen-bond acceptors (Lipinski definition) is 5. The largest absolute Gasteiger partial charge is 0.495 e.